The summed E-state index contributed by atoms with van der Waals surface area (Å²) in [5.41, 5.74) is -5.50. The maximum atomic E-state index is 12.1. The highest BCUT2D eigenvalue weighted by atomic mass is 32.2. The minimum absolute atomic E-state index is 0.130. The van der Waals surface area contributed by atoms with Crippen LogP contribution in [0.3, 0.4) is 0 Å². The fourth-order valence-corrected chi connectivity index (χ4v) is 1.92. The van der Waals surface area contributed by atoms with Crippen molar-refractivity contribution in [3.63, 3.8) is 0 Å². The Labute approximate surface area is 101 Å². The molecule has 1 amide bonds. The van der Waals surface area contributed by atoms with Crippen LogP contribution in [0.15, 0.2) is 11.8 Å². The van der Waals surface area contributed by atoms with Gasteiger partial charge in [0, 0.05) is 19.0 Å². The molecule has 0 aromatic carbocycles. The van der Waals surface area contributed by atoms with Gasteiger partial charge in [-0.2, -0.15) is 21.6 Å². The molecule has 1 unspecified atom stereocenters. The van der Waals surface area contributed by atoms with E-state index in [2.05, 4.69) is 4.18 Å². The smallest absolute Gasteiger partial charge is 0.465 e. The number of alkyl halides is 3. The molecule has 0 bridgehead atoms. The van der Waals surface area contributed by atoms with Gasteiger partial charge in [-0.25, -0.2) is 4.79 Å². The van der Waals surface area contributed by atoms with Gasteiger partial charge in [0.25, 0.3) is 0 Å². The van der Waals surface area contributed by atoms with E-state index >= 15 is 0 Å². The third kappa shape index (κ3) is 3.06. The third-order valence-corrected chi connectivity index (χ3v) is 3.23. The van der Waals surface area contributed by atoms with E-state index in [1.807, 2.05) is 0 Å². The molecule has 1 aliphatic heterocycles. The zero-order valence-electron chi connectivity index (χ0n) is 9.14. The third-order valence-electron chi connectivity index (χ3n) is 2.25. The quantitative estimate of drug-likeness (QED) is 0.613. The molecule has 0 aromatic heterocycles. The molecule has 10 heteroatoms. The van der Waals surface area contributed by atoms with Gasteiger partial charge in [0.15, 0.2) is 0 Å². The van der Waals surface area contributed by atoms with Gasteiger partial charge in [-0.05, 0) is 6.08 Å². The van der Waals surface area contributed by atoms with E-state index < -0.39 is 33.4 Å². The van der Waals surface area contributed by atoms with Crippen LogP contribution in [0, 0.1) is 5.92 Å². The van der Waals surface area contributed by atoms with Crippen molar-refractivity contribution in [1.29, 1.82) is 0 Å². The van der Waals surface area contributed by atoms with Crippen LogP contribution in [-0.4, -0.2) is 43.1 Å². The molecule has 1 atom stereocenters. The van der Waals surface area contributed by atoms with Crippen LogP contribution in [-0.2, 0) is 14.3 Å². The fourth-order valence-electron chi connectivity index (χ4n) is 1.34. The molecule has 104 valence electrons. The van der Waals surface area contributed by atoms with Gasteiger partial charge < -0.3 is 14.2 Å². The molecule has 1 heterocycles. The lowest BCUT2D eigenvalue weighted by atomic mass is 10.1. The number of carboxylic acid groups (broad SMARTS) is 1. The second-order valence-corrected chi connectivity index (χ2v) is 5.22. The SMILES string of the molecule is CC1CN(C(=O)O)CC=C1OS(=O)(=O)C(F)(F)F. The maximum absolute atomic E-state index is 12.1. The van der Waals surface area contributed by atoms with E-state index in [0.717, 1.165) is 11.0 Å². The second kappa shape index (κ2) is 4.67. The molecule has 0 spiro atoms. The molecule has 0 saturated carbocycles. The van der Waals surface area contributed by atoms with Crippen molar-refractivity contribution in [2.75, 3.05) is 13.1 Å². The second-order valence-electron chi connectivity index (χ2n) is 3.68. The molecular formula is C8H10F3NO5S. The van der Waals surface area contributed by atoms with Gasteiger partial charge in [0.1, 0.15) is 5.76 Å². The Kier molecular flexibility index (Phi) is 3.79. The predicted octanol–water partition coefficient (Wildman–Crippen LogP) is 1.37. The summed E-state index contributed by atoms with van der Waals surface area (Å²) >= 11 is 0. The number of amides is 1. The monoisotopic (exact) mass is 289 g/mol. The van der Waals surface area contributed by atoms with E-state index in [4.69, 9.17) is 5.11 Å². The summed E-state index contributed by atoms with van der Waals surface area (Å²) in [6.45, 7) is 1.02. The first-order chi connectivity index (χ1) is 8.04. The first-order valence-corrected chi connectivity index (χ1v) is 6.14. The summed E-state index contributed by atoms with van der Waals surface area (Å²) in [6.07, 6.45) is -0.234. The Morgan fingerprint density at radius 2 is 2.11 bits per heavy atom. The summed E-state index contributed by atoms with van der Waals surface area (Å²) in [5.74, 6) is -1.17. The highest BCUT2D eigenvalue weighted by Crippen LogP contribution is 2.30. The minimum Gasteiger partial charge on any atom is -0.465 e. The molecule has 0 radical (unpaired) electrons. The summed E-state index contributed by atoms with van der Waals surface area (Å²) in [7, 11) is -5.70. The first kappa shape index (κ1) is 14.6. The van der Waals surface area contributed by atoms with Crippen LogP contribution < -0.4 is 0 Å². The zero-order chi connectivity index (χ0) is 14.1. The minimum atomic E-state index is -5.70. The zero-order valence-corrected chi connectivity index (χ0v) is 9.95. The van der Waals surface area contributed by atoms with Crippen LogP contribution >= 0.6 is 0 Å². The van der Waals surface area contributed by atoms with Crippen LogP contribution in [0.2, 0.25) is 0 Å². The van der Waals surface area contributed by atoms with Crippen molar-refractivity contribution in [3.8, 4) is 0 Å². The van der Waals surface area contributed by atoms with Gasteiger partial charge in [-0.15, -0.1) is 0 Å². The molecule has 0 saturated heterocycles. The van der Waals surface area contributed by atoms with E-state index in [1.165, 1.54) is 6.92 Å². The van der Waals surface area contributed by atoms with E-state index in [-0.39, 0.29) is 13.1 Å². The largest absolute Gasteiger partial charge is 0.534 e. The maximum Gasteiger partial charge on any atom is 0.534 e. The molecule has 1 aliphatic rings. The molecule has 18 heavy (non-hydrogen) atoms. The van der Waals surface area contributed by atoms with Crippen molar-refractivity contribution in [2.45, 2.75) is 12.4 Å². The van der Waals surface area contributed by atoms with Gasteiger partial charge in [-0.1, -0.05) is 6.92 Å². The summed E-state index contributed by atoms with van der Waals surface area (Å²) in [5, 5.41) is 8.66. The average Bonchev–Trinajstić information content (AvgIpc) is 2.18. The topological polar surface area (TPSA) is 83.9 Å². The molecule has 1 rings (SSSR count). The lowest BCUT2D eigenvalue weighted by Gasteiger charge is -2.28. The molecule has 0 aromatic rings. The molecule has 0 fully saturated rings. The summed E-state index contributed by atoms with van der Waals surface area (Å²) in [6, 6.07) is 0. The van der Waals surface area contributed by atoms with Crippen LogP contribution in [0.5, 0.6) is 0 Å². The lowest BCUT2D eigenvalue weighted by Crippen LogP contribution is -2.39. The van der Waals surface area contributed by atoms with Gasteiger partial charge in [0.2, 0.25) is 0 Å². The van der Waals surface area contributed by atoms with Crippen LogP contribution in [0.4, 0.5) is 18.0 Å². The van der Waals surface area contributed by atoms with E-state index in [0.29, 0.717) is 0 Å². The number of halogens is 3. The standard InChI is InChI=1S/C8H10F3NO5S/c1-5-4-12(7(13)14)3-2-6(5)17-18(15,16)8(9,10)11/h2,5H,3-4H2,1H3,(H,13,14). The Hall–Kier alpha value is -1.45. The van der Waals surface area contributed by atoms with Crippen molar-refractivity contribution in [3.05, 3.63) is 11.8 Å². The van der Waals surface area contributed by atoms with Gasteiger partial charge >= 0.3 is 21.7 Å². The van der Waals surface area contributed by atoms with Gasteiger partial charge in [-0.3, -0.25) is 0 Å². The summed E-state index contributed by atoms with van der Waals surface area (Å²) < 4.78 is 61.7. The molecular weight excluding hydrogens is 279 g/mol. The normalized spacial score (nSPS) is 21.4. The Bertz CT molecular complexity index is 470. The van der Waals surface area contributed by atoms with Crippen molar-refractivity contribution < 1.29 is 35.7 Å². The van der Waals surface area contributed by atoms with Crippen molar-refractivity contribution in [2.24, 2.45) is 5.92 Å². The highest BCUT2D eigenvalue weighted by Gasteiger charge is 2.49. The van der Waals surface area contributed by atoms with Gasteiger partial charge in [0.05, 0.1) is 0 Å². The fraction of sp³-hybridized carbons (Fsp3) is 0.625. The Morgan fingerprint density at radius 1 is 1.56 bits per heavy atom. The number of carbonyl (C=O) groups is 1. The molecule has 6 nitrogen and oxygen atoms in total. The Balaban J connectivity index is 2.85. The van der Waals surface area contributed by atoms with Crippen molar-refractivity contribution >= 4 is 16.2 Å². The van der Waals surface area contributed by atoms with E-state index in [9.17, 15) is 26.4 Å². The number of hydrogen-bond donors (Lipinski definition) is 1. The highest BCUT2D eigenvalue weighted by molar-refractivity contribution is 7.87. The van der Waals surface area contributed by atoms with Crippen LogP contribution in [0.25, 0.3) is 0 Å². The Morgan fingerprint density at radius 3 is 2.50 bits per heavy atom. The molecule has 1 N–H and O–H groups in total. The first-order valence-electron chi connectivity index (χ1n) is 4.73. The predicted molar refractivity (Wildman–Crippen MR) is 52.9 cm³/mol. The number of nitrogens with zero attached hydrogens (tertiary/aromatic N) is 1. The molecule has 0 aliphatic carbocycles. The summed E-state index contributed by atoms with van der Waals surface area (Å²) in [4.78, 5) is 11.5. The lowest BCUT2D eigenvalue weighted by molar-refractivity contribution is -0.0528. The van der Waals surface area contributed by atoms with E-state index in [1.54, 1.807) is 0 Å². The number of hydrogen-bond acceptors (Lipinski definition) is 4. The van der Waals surface area contributed by atoms with Crippen molar-refractivity contribution in [1.82, 2.24) is 4.90 Å². The average molecular weight is 289 g/mol. The number of rotatable bonds is 2. The van der Waals surface area contributed by atoms with Crippen LogP contribution in [0.1, 0.15) is 6.92 Å².